The fourth-order valence-electron chi connectivity index (χ4n) is 12.8. The third-order valence-corrected chi connectivity index (χ3v) is 19.2. The van der Waals surface area contributed by atoms with Crippen molar-refractivity contribution in [1.29, 1.82) is 5.26 Å². The molecule has 1 aliphatic carbocycles. The Kier molecular flexibility index (Phi) is 27.2. The maximum atomic E-state index is 11.5. The van der Waals surface area contributed by atoms with Crippen molar-refractivity contribution in [1.82, 2.24) is 44.9 Å². The van der Waals surface area contributed by atoms with Crippen molar-refractivity contribution in [3.8, 4) is 145 Å². The van der Waals surface area contributed by atoms with E-state index in [1.54, 1.807) is 72.8 Å². The molecule has 23 heteroatoms. The molecular formula is C98H84N12O11. The topological polar surface area (TPSA) is 309 Å². The lowest BCUT2D eigenvalue weighted by atomic mass is 9.84. The van der Waals surface area contributed by atoms with Crippen LogP contribution in [-0.4, -0.2) is 56.7 Å². The molecule has 1 saturated carbocycles. The van der Waals surface area contributed by atoms with Crippen LogP contribution in [0.15, 0.2) is 297 Å². The quantitative estimate of drug-likeness (QED) is 0.0460. The number of aromatic nitrogens is 9. The van der Waals surface area contributed by atoms with Crippen LogP contribution >= 0.6 is 0 Å². The van der Waals surface area contributed by atoms with E-state index in [2.05, 4.69) is 125 Å². The van der Waals surface area contributed by atoms with E-state index < -0.39 is 11.8 Å². The SMILES string of the molecule is CCCc1ccc(-c2ccc(Oc3nc(Oc4ccc(C(N)=O)cc4)nc(Oc4ccc(-c5ccccc5)cc4)n3)cc2)cc1.CCCc1ccc(-c2ccc(Oc3nc(Oc4ccc(C(N)=O)cc4)nc(Oc4ccc(C5CCCCC5)cc4)n3)cc2)cc1.Cc1ccc(Oc2nc(Oc3ccc(C)cc3)nc(Oc3ccc(C#N)cc3)n2)cc1. The van der Waals surface area contributed by atoms with E-state index in [1.165, 1.54) is 48.8 Å². The average molecular weight is 1610 g/mol. The number of ether oxygens (including phenoxy) is 9. The lowest BCUT2D eigenvalue weighted by Crippen LogP contribution is -2.10. The summed E-state index contributed by atoms with van der Waals surface area (Å²) in [6.45, 7) is 8.34. The summed E-state index contributed by atoms with van der Waals surface area (Å²) < 4.78 is 53.2. The summed E-state index contributed by atoms with van der Waals surface area (Å²) in [6.07, 6.45) is 10.7. The lowest BCUT2D eigenvalue weighted by molar-refractivity contribution is 0.0992. The van der Waals surface area contributed by atoms with Crippen molar-refractivity contribution in [2.24, 2.45) is 11.5 Å². The minimum absolute atomic E-state index is 0.00364. The van der Waals surface area contributed by atoms with Crippen LogP contribution in [0.25, 0.3) is 33.4 Å². The Balaban J connectivity index is 0.000000151. The Morgan fingerprint density at radius 2 is 0.537 bits per heavy atom. The summed E-state index contributed by atoms with van der Waals surface area (Å²) in [4.78, 5) is 61.9. The highest BCUT2D eigenvalue weighted by atomic mass is 16.6. The zero-order valence-corrected chi connectivity index (χ0v) is 66.8. The van der Waals surface area contributed by atoms with E-state index in [4.69, 9.17) is 59.4 Å². The second-order valence-electron chi connectivity index (χ2n) is 28.2. The molecule has 16 rings (SSSR count). The van der Waals surface area contributed by atoms with Crippen molar-refractivity contribution >= 4 is 11.8 Å². The number of nitriles is 1. The van der Waals surface area contributed by atoms with Crippen LogP contribution in [0.2, 0.25) is 0 Å². The first-order chi connectivity index (χ1) is 59.1. The van der Waals surface area contributed by atoms with Crippen molar-refractivity contribution in [3.05, 3.63) is 342 Å². The summed E-state index contributed by atoms with van der Waals surface area (Å²) in [5.41, 5.74) is 24.7. The molecule has 602 valence electrons. The summed E-state index contributed by atoms with van der Waals surface area (Å²) in [6, 6.07) is 94.6. The molecule has 1 fully saturated rings. The minimum Gasteiger partial charge on any atom is -0.424 e. The number of primary amides is 2. The van der Waals surface area contributed by atoms with E-state index in [-0.39, 0.29) is 54.1 Å². The number of carbonyl (C=O) groups is 2. The van der Waals surface area contributed by atoms with Crippen LogP contribution < -0.4 is 54.1 Å². The maximum Gasteiger partial charge on any atom is 0.331 e. The van der Waals surface area contributed by atoms with Gasteiger partial charge in [-0.2, -0.15) is 5.26 Å². The van der Waals surface area contributed by atoms with Crippen molar-refractivity contribution in [2.75, 3.05) is 0 Å². The van der Waals surface area contributed by atoms with Gasteiger partial charge >= 0.3 is 54.1 Å². The van der Waals surface area contributed by atoms with E-state index in [0.717, 1.165) is 70.2 Å². The van der Waals surface area contributed by atoms with Gasteiger partial charge < -0.3 is 54.1 Å². The largest absolute Gasteiger partial charge is 0.424 e. The Morgan fingerprint density at radius 1 is 0.306 bits per heavy atom. The summed E-state index contributed by atoms with van der Waals surface area (Å²) in [7, 11) is 0. The first-order valence-corrected chi connectivity index (χ1v) is 39.6. The highest BCUT2D eigenvalue weighted by Gasteiger charge is 2.21. The number of rotatable bonds is 28. The van der Waals surface area contributed by atoms with Crippen molar-refractivity contribution in [2.45, 2.75) is 91.4 Å². The lowest BCUT2D eigenvalue weighted by Gasteiger charge is -2.22. The number of hydrogen-bond donors (Lipinski definition) is 2. The standard InChI is InChI=1S/C37H36N4O4.C37H30N4O4.C24H18N4O3/c2*1-2-6-25-9-11-27(12-10-25)29-15-21-32(22-16-29)44-36-39-35(40-37(41-36)45-33-23-17-30(18-24-33)34(38)42)43-31-19-13-28(14-20-31)26-7-4-3-5-8-26;1-16-3-9-19(10-4-16)29-22-26-23(30-20-11-5-17(2)6-12-20)28-24(27-22)31-21-13-7-18(15-25)8-14-21/h9-24,26H,2-8H2,1H3,(H2,38,42);3-5,7-24H,2,6H2,1H3,(H2,38,42);3-14H,1-2H3. The molecule has 0 bridgehead atoms. The predicted octanol–water partition coefficient (Wildman–Crippen LogP) is 23.4. The molecule has 4 N–H and O–H groups in total. The van der Waals surface area contributed by atoms with E-state index in [1.807, 2.05) is 178 Å². The molecule has 12 aromatic carbocycles. The second-order valence-corrected chi connectivity index (χ2v) is 28.2. The number of amides is 2. The average Bonchev–Trinajstić information content (AvgIpc) is 0.871. The molecular weight excluding hydrogens is 1520 g/mol. The number of benzene rings is 12. The molecule has 0 atom stereocenters. The first kappa shape index (κ1) is 81.9. The number of hydrogen-bond acceptors (Lipinski definition) is 21. The molecule has 1 aliphatic rings. The smallest absolute Gasteiger partial charge is 0.331 e. The van der Waals surface area contributed by atoms with Gasteiger partial charge in [0.05, 0.1) is 11.6 Å². The molecule has 15 aromatic rings. The van der Waals surface area contributed by atoms with Gasteiger partial charge in [-0.25, -0.2) is 0 Å². The van der Waals surface area contributed by atoms with Crippen molar-refractivity contribution in [3.63, 3.8) is 0 Å². The van der Waals surface area contributed by atoms with Crippen LogP contribution in [0.3, 0.4) is 0 Å². The molecule has 0 radical (unpaired) electrons. The molecule has 121 heavy (non-hydrogen) atoms. The van der Waals surface area contributed by atoms with Gasteiger partial charge in [0.15, 0.2) is 0 Å². The van der Waals surface area contributed by atoms with Gasteiger partial charge in [0.25, 0.3) is 0 Å². The minimum atomic E-state index is -0.536. The monoisotopic (exact) mass is 1600 g/mol. The van der Waals surface area contributed by atoms with Crippen molar-refractivity contribution < 1.29 is 52.2 Å². The molecule has 0 unspecified atom stereocenters. The molecule has 3 heterocycles. The molecule has 0 aliphatic heterocycles. The first-order valence-electron chi connectivity index (χ1n) is 39.6. The predicted molar refractivity (Wildman–Crippen MR) is 459 cm³/mol. The molecule has 2 amide bonds. The number of aryl methyl sites for hydroxylation is 4. The highest BCUT2D eigenvalue weighted by Crippen LogP contribution is 2.37. The number of carbonyl (C=O) groups excluding carboxylic acids is 2. The highest BCUT2D eigenvalue weighted by molar-refractivity contribution is 5.93. The van der Waals surface area contributed by atoms with Gasteiger partial charge in [-0.1, -0.05) is 209 Å². The van der Waals surface area contributed by atoms with Gasteiger partial charge in [0.2, 0.25) is 11.8 Å². The number of nitrogens with zero attached hydrogens (tertiary/aromatic N) is 10. The fourth-order valence-corrected chi connectivity index (χ4v) is 12.8. The molecule has 0 saturated heterocycles. The van der Waals surface area contributed by atoms with E-state index in [0.29, 0.717) is 74.4 Å². The normalized spacial score (nSPS) is 11.5. The zero-order chi connectivity index (χ0) is 83.7. The summed E-state index contributed by atoms with van der Waals surface area (Å²) in [5.74, 6) is 4.15. The molecule has 23 nitrogen and oxygen atoms in total. The molecule has 0 spiro atoms. The zero-order valence-electron chi connectivity index (χ0n) is 66.8. The maximum absolute atomic E-state index is 11.5. The van der Waals surface area contributed by atoms with Crippen LogP contribution in [-0.2, 0) is 12.8 Å². The van der Waals surface area contributed by atoms with E-state index in [9.17, 15) is 9.59 Å². The Morgan fingerprint density at radius 3 is 0.793 bits per heavy atom. The van der Waals surface area contributed by atoms with Gasteiger partial charge in [-0.15, -0.1) is 44.9 Å². The van der Waals surface area contributed by atoms with E-state index >= 15 is 0 Å². The Labute approximate surface area is 700 Å². The van der Waals surface area contributed by atoms with Crippen LogP contribution in [0, 0.1) is 25.2 Å². The number of nitrogens with two attached hydrogens (primary N) is 2. The Hall–Kier alpha value is -15.7. The summed E-state index contributed by atoms with van der Waals surface area (Å²) >= 11 is 0. The Bertz CT molecular complexity index is 5910. The summed E-state index contributed by atoms with van der Waals surface area (Å²) in [5, 5.41) is 8.95. The van der Waals surface area contributed by atoms with Gasteiger partial charge in [-0.05, 0) is 241 Å². The van der Waals surface area contributed by atoms with Gasteiger partial charge in [-0.3, -0.25) is 9.59 Å². The van der Waals surface area contributed by atoms with Crippen LogP contribution in [0.5, 0.6) is 106 Å². The van der Waals surface area contributed by atoms with Crippen LogP contribution in [0.4, 0.5) is 0 Å². The third kappa shape index (κ3) is 23.8. The fraction of sp³-hybridized carbons (Fsp3) is 0.143. The molecule has 3 aromatic heterocycles. The van der Waals surface area contributed by atoms with Gasteiger partial charge in [0, 0.05) is 11.1 Å². The van der Waals surface area contributed by atoms with Gasteiger partial charge in [0.1, 0.15) is 51.7 Å². The second kappa shape index (κ2) is 40.2. The van der Waals surface area contributed by atoms with Crippen LogP contribution in [0.1, 0.15) is 119 Å². The third-order valence-electron chi connectivity index (χ3n) is 19.2.